The van der Waals surface area contributed by atoms with Crippen molar-refractivity contribution < 1.29 is 27.5 Å². The normalized spacial score (nSPS) is 17.1. The van der Waals surface area contributed by atoms with Crippen LogP contribution in [0.5, 0.6) is 5.75 Å². The third-order valence-electron chi connectivity index (χ3n) is 6.45. The average molecular weight is 555 g/mol. The Morgan fingerprint density at radius 3 is 2.49 bits per heavy atom. The number of nitrogens with zero attached hydrogens (tertiary/aromatic N) is 2. The number of ether oxygens (including phenoxy) is 1. The average Bonchev–Trinajstić information content (AvgIpc) is 3.09. The molecule has 2 amide bonds. The SMILES string of the molecule is COc1ccc(CC(=O)N[C@@H](CC(C)C)C(=O)NC2CCCN(S(=O)(=O)c3ccccc3C#N)CC2=O)cc1. The van der Waals surface area contributed by atoms with Gasteiger partial charge in [-0.15, -0.1) is 0 Å². The van der Waals surface area contributed by atoms with Crippen molar-refractivity contribution in [3.63, 3.8) is 0 Å². The Bertz CT molecular complexity index is 1330. The van der Waals surface area contributed by atoms with Crippen LogP contribution < -0.4 is 15.4 Å². The van der Waals surface area contributed by atoms with Gasteiger partial charge in [-0.1, -0.05) is 38.1 Å². The van der Waals surface area contributed by atoms with Crippen LogP contribution in [0.2, 0.25) is 0 Å². The number of hydrogen-bond acceptors (Lipinski definition) is 7. The first-order valence-corrected chi connectivity index (χ1v) is 14.2. The van der Waals surface area contributed by atoms with Gasteiger partial charge in [-0.3, -0.25) is 14.4 Å². The largest absolute Gasteiger partial charge is 0.497 e. The van der Waals surface area contributed by atoms with Crippen molar-refractivity contribution >= 4 is 27.6 Å². The van der Waals surface area contributed by atoms with Gasteiger partial charge in [0.05, 0.1) is 36.6 Å². The third-order valence-corrected chi connectivity index (χ3v) is 8.35. The van der Waals surface area contributed by atoms with Gasteiger partial charge in [0.1, 0.15) is 17.9 Å². The molecule has 1 saturated heterocycles. The highest BCUT2D eigenvalue weighted by Crippen LogP contribution is 2.22. The maximum absolute atomic E-state index is 13.2. The third kappa shape index (κ3) is 7.88. The van der Waals surface area contributed by atoms with Crippen molar-refractivity contribution in [2.24, 2.45) is 5.92 Å². The van der Waals surface area contributed by atoms with Gasteiger partial charge in [0.25, 0.3) is 0 Å². The molecule has 11 heteroatoms. The predicted octanol–water partition coefficient (Wildman–Crippen LogP) is 2.18. The van der Waals surface area contributed by atoms with Gasteiger partial charge in [-0.2, -0.15) is 9.57 Å². The fraction of sp³-hybridized carbons (Fsp3) is 0.429. The van der Waals surface area contributed by atoms with Gasteiger partial charge in [0.15, 0.2) is 5.78 Å². The van der Waals surface area contributed by atoms with Crippen molar-refractivity contribution in [3.05, 3.63) is 59.7 Å². The van der Waals surface area contributed by atoms with Gasteiger partial charge in [0, 0.05) is 6.54 Å². The van der Waals surface area contributed by atoms with E-state index in [0.717, 1.165) is 9.87 Å². The number of carbonyl (C=O) groups is 3. The van der Waals surface area contributed by atoms with E-state index in [1.165, 1.54) is 18.2 Å². The Morgan fingerprint density at radius 2 is 1.85 bits per heavy atom. The number of hydrogen-bond donors (Lipinski definition) is 2. The van der Waals surface area contributed by atoms with Gasteiger partial charge >= 0.3 is 0 Å². The van der Waals surface area contributed by atoms with Crippen LogP contribution in [-0.4, -0.2) is 62.6 Å². The maximum atomic E-state index is 13.2. The van der Waals surface area contributed by atoms with Crippen LogP contribution in [0.4, 0.5) is 0 Å². The smallest absolute Gasteiger partial charge is 0.244 e. The van der Waals surface area contributed by atoms with Crippen LogP contribution in [0.3, 0.4) is 0 Å². The highest BCUT2D eigenvalue weighted by atomic mass is 32.2. The number of nitrogens with one attached hydrogen (secondary N) is 2. The first-order chi connectivity index (χ1) is 18.5. The van der Waals surface area contributed by atoms with E-state index in [9.17, 15) is 28.1 Å². The molecule has 0 saturated carbocycles. The molecule has 1 aliphatic rings. The number of Topliss-reactive ketones (excluding diaryl/α,β-unsaturated/α-hetero) is 1. The molecule has 2 N–H and O–H groups in total. The van der Waals surface area contributed by atoms with Gasteiger partial charge in [-0.05, 0) is 55.0 Å². The van der Waals surface area contributed by atoms with Gasteiger partial charge in [0.2, 0.25) is 21.8 Å². The molecule has 0 bridgehead atoms. The summed E-state index contributed by atoms with van der Waals surface area (Å²) >= 11 is 0. The fourth-order valence-corrected chi connectivity index (χ4v) is 6.01. The Morgan fingerprint density at radius 1 is 1.15 bits per heavy atom. The summed E-state index contributed by atoms with van der Waals surface area (Å²) in [6.45, 7) is 3.50. The number of methoxy groups -OCH3 is 1. The van der Waals surface area contributed by atoms with E-state index in [1.54, 1.807) is 37.4 Å². The van der Waals surface area contributed by atoms with E-state index in [0.29, 0.717) is 18.6 Å². The zero-order valence-electron chi connectivity index (χ0n) is 22.3. The lowest BCUT2D eigenvalue weighted by Crippen LogP contribution is -2.53. The molecule has 208 valence electrons. The zero-order chi connectivity index (χ0) is 28.6. The summed E-state index contributed by atoms with van der Waals surface area (Å²) in [5, 5.41) is 14.8. The topological polar surface area (TPSA) is 146 Å². The van der Waals surface area contributed by atoms with Crippen molar-refractivity contribution in [3.8, 4) is 11.8 Å². The standard InChI is InChI=1S/C28H34N4O6S/c1-19(2)15-24(30-27(34)16-20-10-12-22(38-3)13-11-20)28(35)31-23-8-6-14-32(18-25(23)33)39(36,37)26-9-5-4-7-21(26)17-29/h4-5,7,9-13,19,23-24H,6,8,14-16,18H2,1-3H3,(H,30,34)(H,31,35)/t23?,24-/m0/s1. The number of nitriles is 1. The maximum Gasteiger partial charge on any atom is 0.244 e. The van der Waals surface area contributed by atoms with E-state index in [2.05, 4.69) is 10.6 Å². The Balaban J connectivity index is 1.67. The quantitative estimate of drug-likeness (QED) is 0.458. The number of amides is 2. The van der Waals surface area contributed by atoms with Crippen molar-refractivity contribution in [1.82, 2.24) is 14.9 Å². The number of carbonyl (C=O) groups excluding carboxylic acids is 3. The highest BCUT2D eigenvalue weighted by molar-refractivity contribution is 7.89. The molecule has 2 aromatic rings. The second-order valence-electron chi connectivity index (χ2n) is 9.89. The lowest BCUT2D eigenvalue weighted by molar-refractivity contribution is -0.131. The second kappa shape index (κ2) is 13.4. The highest BCUT2D eigenvalue weighted by Gasteiger charge is 2.35. The summed E-state index contributed by atoms with van der Waals surface area (Å²) in [4.78, 5) is 38.8. The molecule has 0 spiro atoms. The van der Waals surface area contributed by atoms with E-state index >= 15 is 0 Å². The van der Waals surface area contributed by atoms with Crippen LogP contribution in [0, 0.1) is 17.2 Å². The number of rotatable bonds is 10. The van der Waals surface area contributed by atoms with E-state index in [-0.39, 0.29) is 41.7 Å². The molecule has 1 aliphatic heterocycles. The lowest BCUT2D eigenvalue weighted by Gasteiger charge is -2.23. The molecule has 2 aromatic carbocycles. The molecular weight excluding hydrogens is 520 g/mol. The van der Waals surface area contributed by atoms with E-state index < -0.39 is 40.3 Å². The molecule has 1 unspecified atom stereocenters. The van der Waals surface area contributed by atoms with Gasteiger partial charge < -0.3 is 15.4 Å². The molecule has 39 heavy (non-hydrogen) atoms. The van der Waals surface area contributed by atoms with Crippen LogP contribution >= 0.6 is 0 Å². The Kier molecular flexibility index (Phi) is 10.2. The summed E-state index contributed by atoms with van der Waals surface area (Å²) in [6.07, 6.45) is 1.03. The molecule has 1 fully saturated rings. The first-order valence-electron chi connectivity index (χ1n) is 12.8. The molecule has 3 rings (SSSR count). The van der Waals surface area contributed by atoms with Crippen molar-refractivity contribution in [2.45, 2.75) is 56.5 Å². The predicted molar refractivity (Wildman–Crippen MR) is 144 cm³/mol. The molecule has 2 atom stereocenters. The van der Waals surface area contributed by atoms with Crippen molar-refractivity contribution in [2.75, 3.05) is 20.2 Å². The summed E-state index contributed by atoms with van der Waals surface area (Å²) in [5.74, 6) is -0.512. The van der Waals surface area contributed by atoms with Crippen LogP contribution in [0.15, 0.2) is 53.4 Å². The Labute approximate surface area is 229 Å². The number of sulfonamides is 1. The summed E-state index contributed by atoms with van der Waals surface area (Å²) in [6, 6.07) is 13.0. The summed E-state index contributed by atoms with van der Waals surface area (Å²) in [7, 11) is -2.53. The minimum Gasteiger partial charge on any atom is -0.497 e. The minimum atomic E-state index is -4.08. The summed E-state index contributed by atoms with van der Waals surface area (Å²) in [5.41, 5.74) is 0.760. The van der Waals surface area contributed by atoms with Crippen LogP contribution in [-0.2, 0) is 30.8 Å². The molecule has 0 aliphatic carbocycles. The first kappa shape index (κ1) is 29.8. The zero-order valence-corrected chi connectivity index (χ0v) is 23.2. The van der Waals surface area contributed by atoms with Gasteiger partial charge in [-0.25, -0.2) is 8.42 Å². The van der Waals surface area contributed by atoms with Crippen molar-refractivity contribution in [1.29, 1.82) is 5.26 Å². The number of ketones is 1. The minimum absolute atomic E-state index is 0.000887. The van der Waals surface area contributed by atoms with Crippen LogP contribution in [0.25, 0.3) is 0 Å². The second-order valence-corrected chi connectivity index (χ2v) is 11.8. The molecule has 0 aromatic heterocycles. The monoisotopic (exact) mass is 554 g/mol. The van der Waals surface area contributed by atoms with Crippen LogP contribution in [0.1, 0.15) is 44.2 Å². The molecule has 10 nitrogen and oxygen atoms in total. The molecular formula is C28H34N4O6S. The van der Waals surface area contributed by atoms with E-state index in [4.69, 9.17) is 4.74 Å². The molecule has 1 heterocycles. The van der Waals surface area contributed by atoms with E-state index in [1.807, 2.05) is 19.9 Å². The Hall–Kier alpha value is -3.75. The number of benzene rings is 2. The summed E-state index contributed by atoms with van der Waals surface area (Å²) < 4.78 is 32.6. The fourth-order valence-electron chi connectivity index (χ4n) is 4.43. The molecule has 0 radical (unpaired) electrons. The lowest BCUT2D eigenvalue weighted by atomic mass is 10.0.